The Morgan fingerprint density at radius 1 is 1.47 bits per heavy atom. The minimum atomic E-state index is -0.130. The molecule has 0 radical (unpaired) electrons. The lowest BCUT2D eigenvalue weighted by molar-refractivity contribution is 0.406. The van der Waals surface area contributed by atoms with Crippen LogP contribution >= 0.6 is 11.8 Å². The van der Waals surface area contributed by atoms with Gasteiger partial charge >= 0.3 is 0 Å². The Morgan fingerprint density at radius 3 is 2.88 bits per heavy atom. The molecule has 0 aliphatic carbocycles. The van der Waals surface area contributed by atoms with Gasteiger partial charge in [0.1, 0.15) is 11.6 Å². The number of ether oxygens (including phenoxy) is 1. The predicted octanol–water partition coefficient (Wildman–Crippen LogP) is 3.12. The molecule has 4 heteroatoms. The Morgan fingerprint density at radius 2 is 2.24 bits per heavy atom. The Bertz CT molecular complexity index is 411. The molecule has 2 atom stereocenters. The Labute approximate surface area is 106 Å². The minimum absolute atomic E-state index is 0.0742. The molecule has 0 fully saturated rings. The van der Waals surface area contributed by atoms with Gasteiger partial charge in [-0.3, -0.25) is 0 Å². The van der Waals surface area contributed by atoms with Gasteiger partial charge in [-0.05, 0) is 25.6 Å². The summed E-state index contributed by atoms with van der Waals surface area (Å²) in [6.07, 6.45) is 0.943. The third-order valence-electron chi connectivity index (χ3n) is 3.26. The van der Waals surface area contributed by atoms with Gasteiger partial charge < -0.3 is 10.1 Å². The Kier molecular flexibility index (Phi) is 3.94. The third-order valence-corrected chi connectivity index (χ3v) is 4.47. The van der Waals surface area contributed by atoms with Gasteiger partial charge in [-0.2, -0.15) is 11.8 Å². The Balaban J connectivity index is 2.53. The summed E-state index contributed by atoms with van der Waals surface area (Å²) in [5, 5.41) is 3.73. The molecule has 0 saturated heterocycles. The summed E-state index contributed by atoms with van der Waals surface area (Å²) in [6, 6.07) is 3.30. The molecule has 0 bridgehead atoms. The zero-order valence-corrected chi connectivity index (χ0v) is 11.2. The van der Waals surface area contributed by atoms with Gasteiger partial charge in [0, 0.05) is 28.2 Å². The highest BCUT2D eigenvalue weighted by Gasteiger charge is 2.26. The summed E-state index contributed by atoms with van der Waals surface area (Å²) in [5.74, 6) is 1.48. The fourth-order valence-corrected chi connectivity index (χ4v) is 3.42. The minimum Gasteiger partial charge on any atom is -0.496 e. The van der Waals surface area contributed by atoms with E-state index in [0.29, 0.717) is 5.25 Å². The molecule has 0 amide bonds. The van der Waals surface area contributed by atoms with Crippen LogP contribution in [0.1, 0.15) is 30.5 Å². The van der Waals surface area contributed by atoms with Crippen LogP contribution in [0.25, 0.3) is 0 Å². The molecule has 1 heterocycles. The molecule has 0 spiro atoms. The zero-order valence-electron chi connectivity index (χ0n) is 10.4. The van der Waals surface area contributed by atoms with E-state index in [1.165, 1.54) is 6.07 Å². The predicted molar refractivity (Wildman–Crippen MR) is 70.1 cm³/mol. The molecule has 1 aromatic rings. The van der Waals surface area contributed by atoms with Crippen molar-refractivity contribution < 1.29 is 9.13 Å². The maximum absolute atomic E-state index is 14.0. The van der Waals surface area contributed by atoms with Crippen LogP contribution in [-0.4, -0.2) is 19.4 Å². The molecule has 1 aliphatic heterocycles. The molecule has 1 aliphatic rings. The van der Waals surface area contributed by atoms with E-state index in [2.05, 4.69) is 12.2 Å². The van der Waals surface area contributed by atoms with Crippen LogP contribution in [0.4, 0.5) is 4.39 Å². The highest BCUT2D eigenvalue weighted by molar-refractivity contribution is 7.99. The van der Waals surface area contributed by atoms with Crippen molar-refractivity contribution in [3.8, 4) is 5.75 Å². The number of hydrogen-bond donors (Lipinski definition) is 1. The summed E-state index contributed by atoms with van der Waals surface area (Å²) in [6.45, 7) is 2.19. The first-order chi connectivity index (χ1) is 8.17. The molecular weight excluding hydrogens is 237 g/mol. The Hall–Kier alpha value is -0.740. The number of benzene rings is 1. The summed E-state index contributed by atoms with van der Waals surface area (Å²) >= 11 is 1.85. The standard InChI is InChI=1S/C13H18FNOS/c1-8-6-11(15-2)13-9(7-17-8)12(16-3)5-4-10(13)14/h4-5,8,11,15H,6-7H2,1-3H3. The largest absolute Gasteiger partial charge is 0.496 e. The maximum atomic E-state index is 14.0. The van der Waals surface area contributed by atoms with Crippen molar-refractivity contribution in [2.24, 2.45) is 0 Å². The van der Waals surface area contributed by atoms with Crippen molar-refractivity contribution in [2.45, 2.75) is 30.4 Å². The molecule has 94 valence electrons. The fraction of sp³-hybridized carbons (Fsp3) is 0.538. The van der Waals surface area contributed by atoms with Crippen LogP contribution < -0.4 is 10.1 Å². The number of methoxy groups -OCH3 is 1. The number of hydrogen-bond acceptors (Lipinski definition) is 3. The second kappa shape index (κ2) is 5.27. The van der Waals surface area contributed by atoms with Crippen LogP contribution in [0, 0.1) is 5.82 Å². The monoisotopic (exact) mass is 255 g/mol. The van der Waals surface area contributed by atoms with Gasteiger partial charge in [-0.1, -0.05) is 6.92 Å². The average molecular weight is 255 g/mol. The zero-order chi connectivity index (χ0) is 12.4. The van der Waals surface area contributed by atoms with Crippen molar-refractivity contribution in [1.29, 1.82) is 0 Å². The molecule has 0 aromatic heterocycles. The molecule has 2 nitrogen and oxygen atoms in total. The van der Waals surface area contributed by atoms with Gasteiger partial charge in [0.15, 0.2) is 0 Å². The van der Waals surface area contributed by atoms with E-state index in [4.69, 9.17) is 4.74 Å². The van der Waals surface area contributed by atoms with Gasteiger partial charge in [-0.15, -0.1) is 0 Å². The second-order valence-electron chi connectivity index (χ2n) is 4.34. The maximum Gasteiger partial charge on any atom is 0.128 e. The SMILES string of the molecule is CNC1CC(C)SCc2c(OC)ccc(F)c21. The van der Waals surface area contributed by atoms with Crippen LogP contribution in [0.5, 0.6) is 5.75 Å². The van der Waals surface area contributed by atoms with E-state index in [1.807, 2.05) is 18.8 Å². The summed E-state index contributed by atoms with van der Waals surface area (Å²) in [5.41, 5.74) is 1.78. The molecule has 1 N–H and O–H groups in total. The summed E-state index contributed by atoms with van der Waals surface area (Å²) < 4.78 is 19.4. The van der Waals surface area contributed by atoms with Crippen molar-refractivity contribution in [3.63, 3.8) is 0 Å². The molecule has 0 saturated carbocycles. The lowest BCUT2D eigenvalue weighted by Gasteiger charge is -2.20. The topological polar surface area (TPSA) is 21.3 Å². The number of fused-ring (bicyclic) bond motifs is 1. The molecule has 2 rings (SSSR count). The van der Waals surface area contributed by atoms with Crippen molar-refractivity contribution in [1.82, 2.24) is 5.32 Å². The quantitative estimate of drug-likeness (QED) is 0.877. The fourth-order valence-electron chi connectivity index (χ4n) is 2.34. The molecule has 2 unspecified atom stereocenters. The average Bonchev–Trinajstić information content (AvgIpc) is 2.50. The van der Waals surface area contributed by atoms with Crippen LogP contribution in [0.3, 0.4) is 0 Å². The van der Waals surface area contributed by atoms with Gasteiger partial charge in [-0.25, -0.2) is 4.39 Å². The first-order valence-electron chi connectivity index (χ1n) is 5.81. The molecule has 17 heavy (non-hydrogen) atoms. The van der Waals surface area contributed by atoms with E-state index >= 15 is 0 Å². The van der Waals surface area contributed by atoms with Crippen LogP contribution in [0.2, 0.25) is 0 Å². The number of nitrogens with one attached hydrogen (secondary N) is 1. The number of thioether (sulfide) groups is 1. The van der Waals surface area contributed by atoms with Crippen molar-refractivity contribution >= 4 is 11.8 Å². The highest BCUT2D eigenvalue weighted by atomic mass is 32.2. The van der Waals surface area contributed by atoms with E-state index in [9.17, 15) is 4.39 Å². The first kappa shape index (κ1) is 12.7. The van der Waals surface area contributed by atoms with Gasteiger partial charge in [0.25, 0.3) is 0 Å². The van der Waals surface area contributed by atoms with E-state index < -0.39 is 0 Å². The van der Waals surface area contributed by atoms with E-state index in [1.54, 1.807) is 13.2 Å². The van der Waals surface area contributed by atoms with Gasteiger partial charge in [0.05, 0.1) is 7.11 Å². The second-order valence-corrected chi connectivity index (χ2v) is 5.77. The summed E-state index contributed by atoms with van der Waals surface area (Å²) in [4.78, 5) is 0. The highest BCUT2D eigenvalue weighted by Crippen LogP contribution is 2.40. The third kappa shape index (κ3) is 2.43. The number of rotatable bonds is 2. The number of halogens is 1. The van der Waals surface area contributed by atoms with Gasteiger partial charge in [0.2, 0.25) is 0 Å². The van der Waals surface area contributed by atoms with E-state index in [-0.39, 0.29) is 11.9 Å². The normalized spacial score (nSPS) is 24.0. The first-order valence-corrected chi connectivity index (χ1v) is 6.86. The van der Waals surface area contributed by atoms with E-state index in [0.717, 1.165) is 29.1 Å². The van der Waals surface area contributed by atoms with Crippen LogP contribution in [0.15, 0.2) is 12.1 Å². The summed E-state index contributed by atoms with van der Waals surface area (Å²) in [7, 11) is 3.52. The smallest absolute Gasteiger partial charge is 0.128 e. The molecular formula is C13H18FNOS. The molecule has 1 aromatic carbocycles. The van der Waals surface area contributed by atoms with Crippen molar-refractivity contribution in [3.05, 3.63) is 29.1 Å². The van der Waals surface area contributed by atoms with Crippen molar-refractivity contribution in [2.75, 3.05) is 14.2 Å². The van der Waals surface area contributed by atoms with Crippen LogP contribution in [-0.2, 0) is 5.75 Å². The lowest BCUT2D eigenvalue weighted by Crippen LogP contribution is -2.20. The lowest BCUT2D eigenvalue weighted by atomic mass is 9.96.